The summed E-state index contributed by atoms with van der Waals surface area (Å²) < 4.78 is 13.4. The topological polar surface area (TPSA) is 33.2 Å². The highest BCUT2D eigenvalue weighted by Gasteiger charge is 2.29. The lowest BCUT2D eigenvalue weighted by Crippen LogP contribution is -2.37. The van der Waals surface area contributed by atoms with E-state index in [2.05, 4.69) is 4.98 Å². The number of benzene rings is 2. The summed E-state index contributed by atoms with van der Waals surface area (Å²) in [5.74, 6) is -0.113. The number of likely N-dealkylation sites (tertiary alicyclic amines) is 1. The van der Waals surface area contributed by atoms with Gasteiger partial charge in [0, 0.05) is 23.5 Å². The number of aromatic nitrogens is 1. The van der Waals surface area contributed by atoms with Crippen LogP contribution >= 0.6 is 11.3 Å². The average Bonchev–Trinajstić information content (AvgIpc) is 3.32. The van der Waals surface area contributed by atoms with Gasteiger partial charge in [-0.1, -0.05) is 42.5 Å². The molecule has 1 amide bonds. The summed E-state index contributed by atoms with van der Waals surface area (Å²) >= 11 is 1.57. The number of hydrogen-bond acceptors (Lipinski definition) is 3. The fraction of sp³-hybridized carbons (Fsp3) is 0.273. The zero-order valence-corrected chi connectivity index (χ0v) is 15.8. The Bertz CT molecular complexity index is 925. The summed E-state index contributed by atoms with van der Waals surface area (Å²) in [6.07, 6.45) is 2.99. The second-order valence-electron chi connectivity index (χ2n) is 6.90. The molecule has 27 heavy (non-hydrogen) atoms. The van der Waals surface area contributed by atoms with Gasteiger partial charge in [0.15, 0.2) is 0 Å². The van der Waals surface area contributed by atoms with E-state index in [9.17, 15) is 9.18 Å². The molecule has 0 aliphatic carbocycles. The number of hydrogen-bond donors (Lipinski definition) is 0. The average molecular weight is 380 g/mol. The number of nitrogens with zero attached hydrogens (tertiary/aromatic N) is 2. The van der Waals surface area contributed by atoms with E-state index in [0.29, 0.717) is 12.8 Å². The van der Waals surface area contributed by atoms with Gasteiger partial charge in [0.1, 0.15) is 10.8 Å². The molecule has 0 radical (unpaired) electrons. The Labute approximate surface area is 162 Å². The van der Waals surface area contributed by atoms with E-state index in [4.69, 9.17) is 0 Å². The van der Waals surface area contributed by atoms with Crippen LogP contribution in [0.2, 0.25) is 0 Å². The second-order valence-corrected chi connectivity index (χ2v) is 7.76. The molecule has 1 fully saturated rings. The molecule has 1 unspecified atom stereocenters. The van der Waals surface area contributed by atoms with Gasteiger partial charge in [-0.15, -0.1) is 11.3 Å². The van der Waals surface area contributed by atoms with Crippen LogP contribution in [0.15, 0.2) is 60.0 Å². The fourth-order valence-corrected chi connectivity index (χ4v) is 4.50. The minimum Gasteiger partial charge on any atom is -0.339 e. The summed E-state index contributed by atoms with van der Waals surface area (Å²) in [5, 5.41) is 2.91. The molecule has 5 heteroatoms. The summed E-state index contributed by atoms with van der Waals surface area (Å²) in [4.78, 5) is 19.4. The Morgan fingerprint density at radius 3 is 2.85 bits per heavy atom. The third-order valence-corrected chi connectivity index (χ3v) is 5.90. The van der Waals surface area contributed by atoms with Crippen molar-refractivity contribution in [1.82, 2.24) is 9.88 Å². The van der Waals surface area contributed by atoms with Gasteiger partial charge in [-0.25, -0.2) is 9.37 Å². The number of carbonyl (C=O) groups excluding carboxylic acids is 1. The van der Waals surface area contributed by atoms with Gasteiger partial charge < -0.3 is 4.90 Å². The van der Waals surface area contributed by atoms with Crippen LogP contribution in [-0.4, -0.2) is 28.4 Å². The first-order valence-electron chi connectivity index (χ1n) is 9.23. The van der Waals surface area contributed by atoms with Gasteiger partial charge >= 0.3 is 0 Å². The van der Waals surface area contributed by atoms with Crippen molar-refractivity contribution in [3.05, 3.63) is 77.1 Å². The van der Waals surface area contributed by atoms with Crippen molar-refractivity contribution in [2.24, 2.45) is 0 Å². The van der Waals surface area contributed by atoms with Crippen molar-refractivity contribution in [2.75, 3.05) is 6.54 Å². The maximum absolute atomic E-state index is 13.4. The summed E-state index contributed by atoms with van der Waals surface area (Å²) in [6, 6.07) is 16.8. The Balaban J connectivity index is 1.42. The number of halogens is 1. The highest BCUT2D eigenvalue weighted by atomic mass is 32.1. The Hall–Kier alpha value is -2.53. The molecule has 1 saturated heterocycles. The van der Waals surface area contributed by atoms with Gasteiger partial charge in [-0.3, -0.25) is 4.79 Å². The molecule has 3 nitrogen and oxygen atoms in total. The zero-order chi connectivity index (χ0) is 18.6. The molecule has 1 aliphatic heterocycles. The van der Waals surface area contributed by atoms with Crippen LogP contribution < -0.4 is 0 Å². The van der Waals surface area contributed by atoms with Crippen LogP contribution in [0.4, 0.5) is 4.39 Å². The maximum Gasteiger partial charge on any atom is 0.228 e. The molecule has 1 atom stereocenters. The van der Waals surface area contributed by atoms with Gasteiger partial charge in [-0.05, 0) is 37.0 Å². The standard InChI is InChI=1S/C22H21FN2OS/c23-18-9-4-6-16(12-18)13-20-10-5-11-25(20)21(26)14-19-15-27-22(24-19)17-7-2-1-3-8-17/h1-4,6-9,12,15,20H,5,10-11,13-14H2. The minimum atomic E-state index is -0.223. The first kappa shape index (κ1) is 17.9. The van der Waals surface area contributed by atoms with E-state index in [0.717, 1.165) is 41.2 Å². The lowest BCUT2D eigenvalue weighted by atomic mass is 10.0. The predicted molar refractivity (Wildman–Crippen MR) is 106 cm³/mol. The number of carbonyl (C=O) groups is 1. The fourth-order valence-electron chi connectivity index (χ4n) is 3.67. The number of amides is 1. The summed E-state index contributed by atoms with van der Waals surface area (Å²) in [6.45, 7) is 0.772. The molecule has 0 spiro atoms. The van der Waals surface area contributed by atoms with E-state index in [1.54, 1.807) is 23.5 Å². The summed E-state index contributed by atoms with van der Waals surface area (Å²) in [5.41, 5.74) is 2.84. The number of thiazole rings is 1. The molecule has 4 rings (SSSR count). The molecule has 1 aromatic heterocycles. The van der Waals surface area contributed by atoms with E-state index < -0.39 is 0 Å². The first-order valence-corrected chi connectivity index (χ1v) is 10.1. The smallest absolute Gasteiger partial charge is 0.228 e. The second kappa shape index (κ2) is 8.01. The molecule has 0 saturated carbocycles. The highest BCUT2D eigenvalue weighted by Crippen LogP contribution is 2.26. The lowest BCUT2D eigenvalue weighted by Gasteiger charge is -2.24. The molecule has 2 heterocycles. The van der Waals surface area contributed by atoms with Gasteiger partial charge in [0.05, 0.1) is 12.1 Å². The quantitative estimate of drug-likeness (QED) is 0.641. The normalized spacial score (nSPS) is 16.6. The lowest BCUT2D eigenvalue weighted by molar-refractivity contribution is -0.131. The van der Waals surface area contributed by atoms with Crippen molar-refractivity contribution in [3.63, 3.8) is 0 Å². The molecule has 2 aromatic carbocycles. The summed E-state index contributed by atoms with van der Waals surface area (Å²) in [7, 11) is 0. The molecular formula is C22H21FN2OS. The molecule has 0 bridgehead atoms. The van der Waals surface area contributed by atoms with Crippen molar-refractivity contribution in [3.8, 4) is 10.6 Å². The van der Waals surface area contributed by atoms with Crippen LogP contribution in [0.1, 0.15) is 24.1 Å². The van der Waals surface area contributed by atoms with E-state index in [-0.39, 0.29) is 17.8 Å². The van der Waals surface area contributed by atoms with Gasteiger partial charge in [0.2, 0.25) is 5.91 Å². The van der Waals surface area contributed by atoms with Crippen LogP contribution in [0.3, 0.4) is 0 Å². The van der Waals surface area contributed by atoms with Gasteiger partial charge in [-0.2, -0.15) is 0 Å². The van der Waals surface area contributed by atoms with E-state index in [1.165, 1.54) is 6.07 Å². The molecule has 138 valence electrons. The zero-order valence-electron chi connectivity index (χ0n) is 15.0. The highest BCUT2D eigenvalue weighted by molar-refractivity contribution is 7.13. The Morgan fingerprint density at radius 2 is 2.04 bits per heavy atom. The minimum absolute atomic E-state index is 0.110. The Kier molecular flexibility index (Phi) is 5.30. The first-order chi connectivity index (χ1) is 13.2. The van der Waals surface area contributed by atoms with Crippen LogP contribution in [0.25, 0.3) is 10.6 Å². The van der Waals surface area contributed by atoms with E-state index >= 15 is 0 Å². The van der Waals surface area contributed by atoms with Crippen molar-refractivity contribution >= 4 is 17.2 Å². The van der Waals surface area contributed by atoms with Crippen LogP contribution in [0.5, 0.6) is 0 Å². The predicted octanol–water partition coefficient (Wildman–Crippen LogP) is 4.73. The molecule has 0 N–H and O–H groups in total. The van der Waals surface area contributed by atoms with Gasteiger partial charge in [0.25, 0.3) is 0 Å². The molecule has 1 aliphatic rings. The molecule has 3 aromatic rings. The van der Waals surface area contributed by atoms with Crippen molar-refractivity contribution in [1.29, 1.82) is 0 Å². The largest absolute Gasteiger partial charge is 0.339 e. The third-order valence-electron chi connectivity index (χ3n) is 4.96. The van der Waals surface area contributed by atoms with Crippen LogP contribution in [0, 0.1) is 5.82 Å². The monoisotopic (exact) mass is 380 g/mol. The van der Waals surface area contributed by atoms with E-state index in [1.807, 2.05) is 46.7 Å². The van der Waals surface area contributed by atoms with Crippen LogP contribution in [-0.2, 0) is 17.6 Å². The maximum atomic E-state index is 13.4. The Morgan fingerprint density at radius 1 is 1.19 bits per heavy atom. The molecular weight excluding hydrogens is 359 g/mol. The number of rotatable bonds is 5. The van der Waals surface area contributed by atoms with Crippen molar-refractivity contribution in [2.45, 2.75) is 31.7 Å². The SMILES string of the molecule is O=C(Cc1csc(-c2ccccc2)n1)N1CCCC1Cc1cccc(F)c1. The van der Waals surface area contributed by atoms with Crippen molar-refractivity contribution < 1.29 is 9.18 Å². The third kappa shape index (κ3) is 4.25.